The third kappa shape index (κ3) is 1.87. The molecular formula is C13H16O. The van der Waals surface area contributed by atoms with E-state index in [4.69, 9.17) is 0 Å². The maximum absolute atomic E-state index is 10.9. The average Bonchev–Trinajstić information content (AvgIpc) is 2.30. The number of hydrogen-bond donors (Lipinski definition) is 0. The van der Waals surface area contributed by atoms with Crippen molar-refractivity contribution >= 4 is 6.29 Å². The Balaban J connectivity index is 2.24. The molecule has 74 valence electrons. The van der Waals surface area contributed by atoms with Crippen molar-refractivity contribution in [1.82, 2.24) is 0 Å². The van der Waals surface area contributed by atoms with E-state index >= 15 is 0 Å². The Morgan fingerprint density at radius 3 is 2.50 bits per heavy atom. The molecule has 1 aliphatic rings. The molecule has 0 heterocycles. The highest BCUT2D eigenvalue weighted by atomic mass is 16.1. The van der Waals surface area contributed by atoms with Gasteiger partial charge < -0.3 is 0 Å². The Labute approximate surface area is 85.1 Å². The fourth-order valence-electron chi connectivity index (χ4n) is 2.40. The summed E-state index contributed by atoms with van der Waals surface area (Å²) in [4.78, 5) is 10.9. The van der Waals surface area contributed by atoms with Crippen molar-refractivity contribution in [2.45, 2.75) is 38.0 Å². The van der Waals surface area contributed by atoms with Crippen LogP contribution in [-0.4, -0.2) is 6.29 Å². The standard InChI is InChI=1S/C13H16O/c14-10-12-8-4-5-9-13(12)11-6-2-1-3-7-11/h4-5,8-11H,1-3,6-7H2. The minimum absolute atomic E-state index is 0.630. The second-order valence-corrected chi connectivity index (χ2v) is 4.08. The summed E-state index contributed by atoms with van der Waals surface area (Å²) in [6.45, 7) is 0. The number of aldehydes is 1. The van der Waals surface area contributed by atoms with E-state index in [1.165, 1.54) is 37.7 Å². The van der Waals surface area contributed by atoms with Gasteiger partial charge in [-0.05, 0) is 24.3 Å². The molecule has 1 nitrogen and oxygen atoms in total. The predicted octanol–water partition coefficient (Wildman–Crippen LogP) is 3.55. The van der Waals surface area contributed by atoms with Crippen LogP contribution in [0.4, 0.5) is 0 Å². The monoisotopic (exact) mass is 188 g/mol. The molecule has 0 amide bonds. The molecule has 1 aromatic carbocycles. The van der Waals surface area contributed by atoms with E-state index in [2.05, 4.69) is 6.07 Å². The first-order valence-electron chi connectivity index (χ1n) is 5.46. The third-order valence-electron chi connectivity index (χ3n) is 3.17. The second-order valence-electron chi connectivity index (χ2n) is 4.08. The molecule has 0 radical (unpaired) electrons. The summed E-state index contributed by atoms with van der Waals surface area (Å²) >= 11 is 0. The van der Waals surface area contributed by atoms with Gasteiger partial charge in [-0.2, -0.15) is 0 Å². The molecule has 2 rings (SSSR count). The quantitative estimate of drug-likeness (QED) is 0.649. The first-order valence-corrected chi connectivity index (χ1v) is 5.46. The lowest BCUT2D eigenvalue weighted by atomic mass is 9.82. The van der Waals surface area contributed by atoms with Gasteiger partial charge in [0.25, 0.3) is 0 Å². The average molecular weight is 188 g/mol. The van der Waals surface area contributed by atoms with Gasteiger partial charge in [0, 0.05) is 5.56 Å². The van der Waals surface area contributed by atoms with Gasteiger partial charge in [0.2, 0.25) is 0 Å². The highest BCUT2D eigenvalue weighted by Crippen LogP contribution is 2.33. The lowest BCUT2D eigenvalue weighted by Crippen LogP contribution is -2.06. The minimum Gasteiger partial charge on any atom is -0.298 e. The summed E-state index contributed by atoms with van der Waals surface area (Å²) < 4.78 is 0. The van der Waals surface area contributed by atoms with Gasteiger partial charge >= 0.3 is 0 Å². The van der Waals surface area contributed by atoms with Gasteiger partial charge in [-0.3, -0.25) is 4.79 Å². The normalized spacial score (nSPS) is 18.0. The van der Waals surface area contributed by atoms with Crippen LogP contribution < -0.4 is 0 Å². The van der Waals surface area contributed by atoms with Crippen LogP contribution in [0.2, 0.25) is 0 Å². The third-order valence-corrected chi connectivity index (χ3v) is 3.17. The van der Waals surface area contributed by atoms with E-state index in [0.717, 1.165) is 11.8 Å². The zero-order valence-electron chi connectivity index (χ0n) is 8.41. The molecule has 0 saturated heterocycles. The SMILES string of the molecule is O=Cc1ccccc1C1CCCCC1. The molecule has 0 atom stereocenters. The van der Waals surface area contributed by atoms with Crippen LogP contribution in [0.3, 0.4) is 0 Å². The molecule has 0 spiro atoms. The van der Waals surface area contributed by atoms with Crippen molar-refractivity contribution in [3.63, 3.8) is 0 Å². The van der Waals surface area contributed by atoms with Crippen molar-refractivity contribution in [3.8, 4) is 0 Å². The molecule has 0 aromatic heterocycles. The molecule has 0 N–H and O–H groups in total. The van der Waals surface area contributed by atoms with E-state index in [0.29, 0.717) is 5.92 Å². The van der Waals surface area contributed by atoms with Gasteiger partial charge in [-0.25, -0.2) is 0 Å². The number of carbonyl (C=O) groups is 1. The first kappa shape index (κ1) is 9.45. The fourth-order valence-corrected chi connectivity index (χ4v) is 2.40. The Kier molecular flexibility index (Phi) is 2.97. The van der Waals surface area contributed by atoms with Crippen LogP contribution in [0, 0.1) is 0 Å². The molecule has 1 saturated carbocycles. The zero-order chi connectivity index (χ0) is 9.80. The Morgan fingerprint density at radius 1 is 1.07 bits per heavy atom. The van der Waals surface area contributed by atoms with E-state index in [1.54, 1.807) is 0 Å². The van der Waals surface area contributed by atoms with E-state index in [-0.39, 0.29) is 0 Å². The Bertz CT molecular complexity index is 311. The van der Waals surface area contributed by atoms with Crippen molar-refractivity contribution < 1.29 is 4.79 Å². The summed E-state index contributed by atoms with van der Waals surface area (Å²) in [5.41, 5.74) is 2.15. The molecule has 0 bridgehead atoms. The molecule has 0 unspecified atom stereocenters. The number of rotatable bonds is 2. The van der Waals surface area contributed by atoms with Crippen LogP contribution in [0.1, 0.15) is 53.9 Å². The maximum atomic E-state index is 10.9. The van der Waals surface area contributed by atoms with Crippen LogP contribution in [0.15, 0.2) is 24.3 Å². The molecule has 1 fully saturated rings. The Hall–Kier alpha value is -1.11. The lowest BCUT2D eigenvalue weighted by Gasteiger charge is -2.22. The fraction of sp³-hybridized carbons (Fsp3) is 0.462. The summed E-state index contributed by atoms with van der Waals surface area (Å²) in [6, 6.07) is 8.02. The van der Waals surface area contributed by atoms with Gasteiger partial charge in [0.05, 0.1) is 0 Å². The summed E-state index contributed by atoms with van der Waals surface area (Å²) in [6.07, 6.45) is 7.50. The number of benzene rings is 1. The highest BCUT2D eigenvalue weighted by Gasteiger charge is 2.17. The Morgan fingerprint density at radius 2 is 1.79 bits per heavy atom. The predicted molar refractivity (Wildman–Crippen MR) is 57.7 cm³/mol. The second kappa shape index (κ2) is 4.41. The molecular weight excluding hydrogens is 172 g/mol. The number of hydrogen-bond acceptors (Lipinski definition) is 1. The molecule has 14 heavy (non-hydrogen) atoms. The topological polar surface area (TPSA) is 17.1 Å². The molecule has 1 aliphatic carbocycles. The lowest BCUT2D eigenvalue weighted by molar-refractivity contribution is 0.112. The zero-order valence-corrected chi connectivity index (χ0v) is 8.41. The van der Waals surface area contributed by atoms with Gasteiger partial charge in [0.15, 0.2) is 0 Å². The van der Waals surface area contributed by atoms with Gasteiger partial charge in [-0.1, -0.05) is 43.5 Å². The van der Waals surface area contributed by atoms with Crippen molar-refractivity contribution in [3.05, 3.63) is 35.4 Å². The van der Waals surface area contributed by atoms with Crippen LogP contribution in [0.25, 0.3) is 0 Å². The smallest absolute Gasteiger partial charge is 0.150 e. The minimum atomic E-state index is 0.630. The maximum Gasteiger partial charge on any atom is 0.150 e. The number of carbonyl (C=O) groups excluding carboxylic acids is 1. The summed E-state index contributed by atoms with van der Waals surface area (Å²) in [5.74, 6) is 0.630. The van der Waals surface area contributed by atoms with Crippen LogP contribution in [0.5, 0.6) is 0 Å². The van der Waals surface area contributed by atoms with E-state index < -0.39 is 0 Å². The van der Waals surface area contributed by atoms with Crippen molar-refractivity contribution in [2.75, 3.05) is 0 Å². The molecule has 0 aliphatic heterocycles. The van der Waals surface area contributed by atoms with Crippen molar-refractivity contribution in [2.24, 2.45) is 0 Å². The highest BCUT2D eigenvalue weighted by molar-refractivity contribution is 5.77. The van der Waals surface area contributed by atoms with Gasteiger partial charge in [0.1, 0.15) is 6.29 Å². The summed E-state index contributed by atoms with van der Waals surface area (Å²) in [5, 5.41) is 0. The van der Waals surface area contributed by atoms with Gasteiger partial charge in [-0.15, -0.1) is 0 Å². The van der Waals surface area contributed by atoms with Crippen LogP contribution >= 0.6 is 0 Å². The molecule has 1 heteroatoms. The van der Waals surface area contributed by atoms with Crippen molar-refractivity contribution in [1.29, 1.82) is 0 Å². The van der Waals surface area contributed by atoms with Crippen LogP contribution in [-0.2, 0) is 0 Å². The van der Waals surface area contributed by atoms with E-state index in [1.807, 2.05) is 18.2 Å². The molecule has 1 aromatic rings. The first-order chi connectivity index (χ1) is 6.92. The van der Waals surface area contributed by atoms with E-state index in [9.17, 15) is 4.79 Å². The summed E-state index contributed by atoms with van der Waals surface area (Å²) in [7, 11) is 0. The largest absolute Gasteiger partial charge is 0.298 e.